The maximum atomic E-state index is 12.6. The lowest BCUT2D eigenvalue weighted by Gasteiger charge is -2.18. The number of rotatable bonds is 2. The van der Waals surface area contributed by atoms with E-state index in [0.29, 0.717) is 0 Å². The van der Waals surface area contributed by atoms with Crippen molar-refractivity contribution in [3.8, 4) is 0 Å². The fourth-order valence-corrected chi connectivity index (χ4v) is 5.24. The van der Waals surface area contributed by atoms with Gasteiger partial charge in [0.15, 0.2) is 0 Å². The van der Waals surface area contributed by atoms with Crippen LogP contribution in [0.1, 0.15) is 17.7 Å². The maximum absolute atomic E-state index is 12.6. The fraction of sp³-hybridized carbons (Fsp3) is 0.438. The van der Waals surface area contributed by atoms with Crippen LogP contribution in [0.2, 0.25) is 0 Å². The van der Waals surface area contributed by atoms with Gasteiger partial charge >= 0.3 is 0 Å². The van der Waals surface area contributed by atoms with Crippen LogP contribution >= 0.6 is 11.3 Å². The van der Waals surface area contributed by atoms with Crippen molar-refractivity contribution in [2.24, 2.45) is 34.2 Å². The molecule has 21 heavy (non-hydrogen) atoms. The first-order valence-electron chi connectivity index (χ1n) is 7.36. The Balaban J connectivity index is 1.48. The molecule has 1 aliphatic heterocycles. The third-order valence-electron chi connectivity index (χ3n) is 5.67. The second kappa shape index (κ2) is 3.71. The third kappa shape index (κ3) is 1.33. The molecule has 106 valence electrons. The number of amides is 2. The Morgan fingerprint density at radius 2 is 1.86 bits per heavy atom. The summed E-state index contributed by atoms with van der Waals surface area (Å²) in [6, 6.07) is 3.85. The van der Waals surface area contributed by atoms with E-state index in [1.54, 1.807) is 17.6 Å². The highest BCUT2D eigenvalue weighted by Gasteiger charge is 2.73. The van der Waals surface area contributed by atoms with Crippen molar-refractivity contribution in [2.75, 3.05) is 0 Å². The summed E-state index contributed by atoms with van der Waals surface area (Å²) in [5, 5.41) is 7.24. The summed E-state index contributed by atoms with van der Waals surface area (Å²) < 4.78 is 0. The van der Waals surface area contributed by atoms with Crippen LogP contribution in [0.3, 0.4) is 0 Å². The molecule has 3 fully saturated rings. The number of hydrogen-bond donors (Lipinski definition) is 0. The van der Waals surface area contributed by atoms with Gasteiger partial charge < -0.3 is 0 Å². The normalized spacial score (nSPS) is 38.2. The average molecular weight is 298 g/mol. The number of allylic oxidation sites excluding steroid dienone is 2. The Bertz CT molecular complexity index is 668. The van der Waals surface area contributed by atoms with Crippen molar-refractivity contribution in [3.63, 3.8) is 0 Å². The SMILES string of the molecule is O=C1[C@H]2[C@H](C(=O)N1/N=C\c1cccs1)[C@H]1C=C[C@H]2C12CC2. The molecule has 2 saturated carbocycles. The van der Waals surface area contributed by atoms with E-state index in [4.69, 9.17) is 0 Å². The minimum absolute atomic E-state index is 0.0964. The molecule has 4 aliphatic rings. The molecule has 4 atom stereocenters. The summed E-state index contributed by atoms with van der Waals surface area (Å²) in [7, 11) is 0. The van der Waals surface area contributed by atoms with Crippen molar-refractivity contribution in [1.29, 1.82) is 0 Å². The Labute approximate surface area is 126 Å². The van der Waals surface area contributed by atoms with Crippen LogP contribution in [0.15, 0.2) is 34.8 Å². The number of fused-ring (bicyclic) bond motifs is 3. The lowest BCUT2D eigenvalue weighted by Crippen LogP contribution is -2.30. The maximum Gasteiger partial charge on any atom is 0.254 e. The van der Waals surface area contributed by atoms with Gasteiger partial charge in [0.25, 0.3) is 11.8 Å². The number of carbonyl (C=O) groups excluding carboxylic acids is 2. The minimum Gasteiger partial charge on any atom is -0.272 e. The molecule has 0 radical (unpaired) electrons. The minimum atomic E-state index is -0.157. The van der Waals surface area contributed by atoms with Gasteiger partial charge in [0, 0.05) is 4.88 Å². The van der Waals surface area contributed by atoms with Crippen LogP contribution in [0.5, 0.6) is 0 Å². The molecular weight excluding hydrogens is 284 g/mol. The molecule has 0 unspecified atom stereocenters. The molecule has 5 heteroatoms. The van der Waals surface area contributed by atoms with E-state index in [2.05, 4.69) is 17.3 Å². The second-order valence-electron chi connectivity index (χ2n) is 6.47. The van der Waals surface area contributed by atoms with Gasteiger partial charge in [-0.05, 0) is 41.5 Å². The number of imide groups is 1. The van der Waals surface area contributed by atoms with E-state index < -0.39 is 0 Å². The third-order valence-corrected chi connectivity index (χ3v) is 6.48. The fourth-order valence-electron chi connectivity index (χ4n) is 4.66. The van der Waals surface area contributed by atoms with Crippen LogP contribution < -0.4 is 0 Å². The standard InChI is InChI=1S/C16H14N2O2S/c19-14-12-10-3-4-11(16(10)5-6-16)13(12)15(20)18(14)17-8-9-2-1-7-21-9/h1-4,7-8,10-13H,5-6H2/b17-8-/t10-,11-,12-,13-/m1/s1. The Morgan fingerprint density at radius 3 is 2.38 bits per heavy atom. The van der Waals surface area contributed by atoms with Gasteiger partial charge in [-0.25, -0.2) is 0 Å². The molecule has 2 bridgehead atoms. The second-order valence-corrected chi connectivity index (χ2v) is 7.45. The van der Waals surface area contributed by atoms with Crippen LogP contribution in [-0.2, 0) is 9.59 Å². The van der Waals surface area contributed by atoms with Crippen molar-refractivity contribution in [2.45, 2.75) is 12.8 Å². The van der Waals surface area contributed by atoms with Gasteiger partial charge in [0.05, 0.1) is 18.1 Å². The van der Waals surface area contributed by atoms with Gasteiger partial charge in [-0.3, -0.25) is 9.59 Å². The molecule has 0 aromatic carbocycles. The van der Waals surface area contributed by atoms with Gasteiger partial charge in [-0.1, -0.05) is 18.2 Å². The molecular formula is C16H14N2O2S. The van der Waals surface area contributed by atoms with Crippen molar-refractivity contribution >= 4 is 29.4 Å². The molecule has 1 spiro atoms. The Morgan fingerprint density at radius 1 is 1.19 bits per heavy atom. The molecule has 2 amide bonds. The summed E-state index contributed by atoms with van der Waals surface area (Å²) in [6.07, 6.45) is 8.31. The van der Waals surface area contributed by atoms with E-state index in [0.717, 1.165) is 9.89 Å². The molecule has 1 aromatic heterocycles. The lowest BCUT2D eigenvalue weighted by molar-refractivity contribution is -0.141. The van der Waals surface area contributed by atoms with E-state index in [-0.39, 0.29) is 40.9 Å². The summed E-state index contributed by atoms with van der Waals surface area (Å²) in [5.41, 5.74) is 0.254. The predicted octanol–water partition coefficient (Wildman–Crippen LogP) is 2.28. The number of thiophene rings is 1. The zero-order valence-corrected chi connectivity index (χ0v) is 12.1. The smallest absolute Gasteiger partial charge is 0.254 e. The average Bonchev–Trinajstić information content (AvgIpc) is 2.77. The first-order chi connectivity index (χ1) is 10.2. The summed E-state index contributed by atoms with van der Waals surface area (Å²) >= 11 is 1.54. The molecule has 1 aromatic rings. The number of hydrazone groups is 1. The molecule has 0 N–H and O–H groups in total. The van der Waals surface area contributed by atoms with Gasteiger partial charge in [-0.15, -0.1) is 11.3 Å². The Hall–Kier alpha value is -1.75. The number of carbonyl (C=O) groups is 2. The Kier molecular flexibility index (Phi) is 2.10. The van der Waals surface area contributed by atoms with Gasteiger partial charge in [-0.2, -0.15) is 10.1 Å². The number of nitrogens with zero attached hydrogens (tertiary/aromatic N) is 2. The highest BCUT2D eigenvalue weighted by molar-refractivity contribution is 7.11. The largest absolute Gasteiger partial charge is 0.272 e. The number of hydrogen-bond acceptors (Lipinski definition) is 4. The first-order valence-corrected chi connectivity index (χ1v) is 8.24. The van der Waals surface area contributed by atoms with Crippen LogP contribution in [0.25, 0.3) is 0 Å². The van der Waals surface area contributed by atoms with E-state index >= 15 is 0 Å². The molecule has 1 saturated heterocycles. The van der Waals surface area contributed by atoms with Crippen LogP contribution in [-0.4, -0.2) is 23.0 Å². The highest BCUT2D eigenvalue weighted by Crippen LogP contribution is 2.73. The van der Waals surface area contributed by atoms with Crippen LogP contribution in [0, 0.1) is 29.1 Å². The zero-order chi connectivity index (χ0) is 14.2. The molecule has 4 nitrogen and oxygen atoms in total. The quantitative estimate of drug-likeness (QED) is 0.478. The topological polar surface area (TPSA) is 49.7 Å². The van der Waals surface area contributed by atoms with E-state index in [1.165, 1.54) is 12.8 Å². The molecule has 2 heterocycles. The molecule has 5 rings (SSSR count). The zero-order valence-electron chi connectivity index (χ0n) is 11.3. The van der Waals surface area contributed by atoms with Crippen LogP contribution in [0.4, 0.5) is 0 Å². The monoisotopic (exact) mass is 298 g/mol. The van der Waals surface area contributed by atoms with Gasteiger partial charge in [0.1, 0.15) is 0 Å². The van der Waals surface area contributed by atoms with Crippen molar-refractivity contribution in [3.05, 3.63) is 34.5 Å². The summed E-state index contributed by atoms with van der Waals surface area (Å²) in [6.45, 7) is 0. The molecule has 3 aliphatic carbocycles. The van der Waals surface area contributed by atoms with Crippen molar-refractivity contribution in [1.82, 2.24) is 5.01 Å². The summed E-state index contributed by atoms with van der Waals surface area (Å²) in [4.78, 5) is 26.2. The summed E-state index contributed by atoms with van der Waals surface area (Å²) in [5.74, 6) is 0.0320. The highest BCUT2D eigenvalue weighted by atomic mass is 32.1. The first kappa shape index (κ1) is 11.9. The van der Waals surface area contributed by atoms with E-state index in [9.17, 15) is 9.59 Å². The predicted molar refractivity (Wildman–Crippen MR) is 78.5 cm³/mol. The lowest BCUT2D eigenvalue weighted by atomic mass is 9.85. The van der Waals surface area contributed by atoms with E-state index in [1.807, 2.05) is 17.5 Å². The van der Waals surface area contributed by atoms with Gasteiger partial charge in [0.2, 0.25) is 0 Å². The van der Waals surface area contributed by atoms with Crippen molar-refractivity contribution < 1.29 is 9.59 Å².